The Labute approximate surface area is 156 Å². The van der Waals surface area contributed by atoms with E-state index in [9.17, 15) is 18.0 Å². The van der Waals surface area contributed by atoms with Gasteiger partial charge in [0.05, 0.1) is 27.2 Å². The predicted molar refractivity (Wildman–Crippen MR) is 95.1 cm³/mol. The first-order chi connectivity index (χ1) is 12.8. The Hall–Kier alpha value is -2.38. The summed E-state index contributed by atoms with van der Waals surface area (Å²) in [4.78, 5) is 12.1. The first-order valence-electron chi connectivity index (χ1n) is 8.65. The average Bonchev–Trinajstić information content (AvgIpc) is 2.64. The zero-order valence-electron chi connectivity index (χ0n) is 15.6. The highest BCUT2D eigenvalue weighted by Crippen LogP contribution is 2.39. The molecular weight excluding hydrogens is 363 g/mol. The Morgan fingerprint density at radius 2 is 1.67 bits per heavy atom. The number of carbonyl (C=O) groups is 1. The van der Waals surface area contributed by atoms with Crippen LogP contribution in [0.2, 0.25) is 0 Å². The number of halogens is 3. The van der Waals surface area contributed by atoms with Crippen molar-refractivity contribution in [3.8, 4) is 17.2 Å². The van der Waals surface area contributed by atoms with Crippen molar-refractivity contribution in [2.45, 2.75) is 37.9 Å². The quantitative estimate of drug-likeness (QED) is 0.751. The van der Waals surface area contributed by atoms with Gasteiger partial charge in [-0.1, -0.05) is 12.8 Å². The lowest BCUT2D eigenvalue weighted by Crippen LogP contribution is -2.47. The number of benzene rings is 1. The van der Waals surface area contributed by atoms with E-state index in [1.54, 1.807) is 12.1 Å². The number of amides is 1. The van der Waals surface area contributed by atoms with Gasteiger partial charge in [-0.25, -0.2) is 0 Å². The summed E-state index contributed by atoms with van der Waals surface area (Å²) in [7, 11) is 4.42. The van der Waals surface area contributed by atoms with Crippen LogP contribution in [-0.2, 0) is 4.79 Å². The summed E-state index contributed by atoms with van der Waals surface area (Å²) in [6.45, 7) is 0. The number of hydrogen-bond acceptors (Lipinski definition) is 4. The van der Waals surface area contributed by atoms with E-state index in [0.717, 1.165) is 0 Å². The van der Waals surface area contributed by atoms with Crippen molar-refractivity contribution in [1.29, 1.82) is 0 Å². The third-order valence-electron chi connectivity index (χ3n) is 4.63. The SMILES string of the molecule is COc1cc(/C=C/C(=O)NC2CCCCC2C(F)(F)F)cc(OC)c1OC. The predicted octanol–water partition coefficient (Wildman–Crippen LogP) is 3.96. The van der Waals surface area contributed by atoms with Gasteiger partial charge in [-0.15, -0.1) is 0 Å². The molecule has 1 N–H and O–H groups in total. The van der Waals surface area contributed by atoms with Crippen LogP contribution in [0.4, 0.5) is 13.2 Å². The molecule has 1 aliphatic carbocycles. The van der Waals surface area contributed by atoms with Crippen molar-refractivity contribution < 1.29 is 32.2 Å². The molecule has 0 aliphatic heterocycles. The van der Waals surface area contributed by atoms with Gasteiger partial charge in [-0.2, -0.15) is 13.2 Å². The first-order valence-corrected chi connectivity index (χ1v) is 8.65. The second-order valence-electron chi connectivity index (χ2n) is 6.34. The fourth-order valence-corrected chi connectivity index (χ4v) is 3.30. The topological polar surface area (TPSA) is 56.8 Å². The fourth-order valence-electron chi connectivity index (χ4n) is 3.30. The van der Waals surface area contributed by atoms with Crippen molar-refractivity contribution in [2.24, 2.45) is 5.92 Å². The van der Waals surface area contributed by atoms with Crippen LogP contribution in [0.1, 0.15) is 31.2 Å². The van der Waals surface area contributed by atoms with E-state index in [0.29, 0.717) is 42.1 Å². The van der Waals surface area contributed by atoms with Crippen molar-refractivity contribution >= 4 is 12.0 Å². The number of methoxy groups -OCH3 is 3. The van der Waals surface area contributed by atoms with Gasteiger partial charge in [0.25, 0.3) is 0 Å². The number of nitrogens with one attached hydrogen (secondary N) is 1. The van der Waals surface area contributed by atoms with Gasteiger partial charge in [-0.05, 0) is 36.6 Å². The molecule has 0 aromatic heterocycles. The minimum absolute atomic E-state index is 0.0467. The molecule has 1 saturated carbocycles. The zero-order chi connectivity index (χ0) is 20.0. The Morgan fingerprint density at radius 1 is 1.07 bits per heavy atom. The van der Waals surface area contributed by atoms with Crippen LogP contribution in [0.15, 0.2) is 18.2 Å². The standard InChI is InChI=1S/C19H24F3NO4/c1-25-15-10-12(11-16(26-2)18(15)27-3)8-9-17(24)23-14-7-5-4-6-13(14)19(20,21)22/h8-11,13-14H,4-7H2,1-3H3,(H,23,24)/b9-8+. The van der Waals surface area contributed by atoms with E-state index in [1.165, 1.54) is 33.5 Å². The summed E-state index contributed by atoms with van der Waals surface area (Å²) in [5.74, 6) is -0.811. The third kappa shape index (κ3) is 5.30. The van der Waals surface area contributed by atoms with E-state index in [-0.39, 0.29) is 6.42 Å². The van der Waals surface area contributed by atoms with E-state index in [4.69, 9.17) is 14.2 Å². The normalized spacial score (nSPS) is 20.4. The minimum atomic E-state index is -4.31. The van der Waals surface area contributed by atoms with Crippen LogP contribution in [0, 0.1) is 5.92 Å². The molecule has 2 rings (SSSR count). The number of ether oxygens (including phenoxy) is 3. The Morgan fingerprint density at radius 3 is 2.19 bits per heavy atom. The molecule has 0 heterocycles. The van der Waals surface area contributed by atoms with Crippen LogP contribution >= 0.6 is 0 Å². The van der Waals surface area contributed by atoms with Crippen LogP contribution < -0.4 is 19.5 Å². The molecule has 150 valence electrons. The van der Waals surface area contributed by atoms with Crippen molar-refractivity contribution in [2.75, 3.05) is 21.3 Å². The summed E-state index contributed by atoms with van der Waals surface area (Å²) in [6.07, 6.45) is -0.0301. The molecule has 27 heavy (non-hydrogen) atoms. The van der Waals surface area contributed by atoms with Gasteiger partial charge in [0.2, 0.25) is 11.7 Å². The largest absolute Gasteiger partial charge is 0.493 e. The van der Waals surface area contributed by atoms with Crippen molar-refractivity contribution in [3.63, 3.8) is 0 Å². The Balaban J connectivity index is 2.12. The molecule has 2 unspecified atom stereocenters. The van der Waals surface area contributed by atoms with Gasteiger partial charge >= 0.3 is 6.18 Å². The maximum absolute atomic E-state index is 13.1. The number of alkyl halides is 3. The number of hydrogen-bond donors (Lipinski definition) is 1. The molecule has 8 heteroatoms. The third-order valence-corrected chi connectivity index (χ3v) is 4.63. The molecule has 0 spiro atoms. The maximum Gasteiger partial charge on any atom is 0.393 e. The summed E-state index contributed by atoms with van der Waals surface area (Å²) in [6, 6.07) is 2.39. The lowest BCUT2D eigenvalue weighted by molar-refractivity contribution is -0.188. The molecule has 1 aliphatic rings. The van der Waals surface area contributed by atoms with E-state index < -0.39 is 24.0 Å². The van der Waals surface area contributed by atoms with E-state index in [2.05, 4.69) is 5.32 Å². The minimum Gasteiger partial charge on any atom is -0.493 e. The second kappa shape index (κ2) is 9.01. The molecule has 1 amide bonds. The van der Waals surface area contributed by atoms with Crippen LogP contribution in [-0.4, -0.2) is 39.5 Å². The van der Waals surface area contributed by atoms with Gasteiger partial charge in [0.15, 0.2) is 11.5 Å². The number of carbonyl (C=O) groups excluding carboxylic acids is 1. The molecule has 0 bridgehead atoms. The molecule has 0 radical (unpaired) electrons. The fraction of sp³-hybridized carbons (Fsp3) is 0.526. The Bertz CT molecular complexity index is 663. The van der Waals surface area contributed by atoms with Crippen molar-refractivity contribution in [1.82, 2.24) is 5.32 Å². The summed E-state index contributed by atoms with van der Waals surface area (Å²) >= 11 is 0. The lowest BCUT2D eigenvalue weighted by Gasteiger charge is -2.33. The Kier molecular flexibility index (Phi) is 6.98. The monoisotopic (exact) mass is 387 g/mol. The zero-order valence-corrected chi connectivity index (χ0v) is 15.6. The molecule has 1 aromatic carbocycles. The molecule has 5 nitrogen and oxygen atoms in total. The van der Waals surface area contributed by atoms with Crippen LogP contribution in [0.25, 0.3) is 6.08 Å². The van der Waals surface area contributed by atoms with Crippen LogP contribution in [0.3, 0.4) is 0 Å². The summed E-state index contributed by atoms with van der Waals surface area (Å²) in [5, 5.41) is 2.49. The van der Waals surface area contributed by atoms with E-state index in [1.807, 2.05) is 0 Å². The first kappa shape index (κ1) is 20.9. The highest BCUT2D eigenvalue weighted by atomic mass is 19.4. The molecular formula is C19H24F3NO4. The molecule has 1 fully saturated rings. The second-order valence-corrected chi connectivity index (χ2v) is 6.34. The molecule has 1 aromatic rings. The maximum atomic E-state index is 13.1. The molecule has 0 saturated heterocycles. The molecule has 2 atom stereocenters. The summed E-state index contributed by atoms with van der Waals surface area (Å²) in [5.41, 5.74) is 0.593. The van der Waals surface area contributed by atoms with E-state index >= 15 is 0 Å². The van der Waals surface area contributed by atoms with Gasteiger partial charge < -0.3 is 19.5 Å². The average molecular weight is 387 g/mol. The lowest BCUT2D eigenvalue weighted by atomic mass is 9.84. The highest BCUT2D eigenvalue weighted by Gasteiger charge is 2.45. The van der Waals surface area contributed by atoms with Crippen molar-refractivity contribution in [3.05, 3.63) is 23.8 Å². The van der Waals surface area contributed by atoms with Crippen LogP contribution in [0.5, 0.6) is 17.2 Å². The van der Waals surface area contributed by atoms with Gasteiger partial charge in [0, 0.05) is 12.1 Å². The highest BCUT2D eigenvalue weighted by molar-refractivity contribution is 5.92. The number of rotatable bonds is 6. The smallest absolute Gasteiger partial charge is 0.393 e. The van der Waals surface area contributed by atoms with Gasteiger partial charge in [0.1, 0.15) is 0 Å². The summed E-state index contributed by atoms with van der Waals surface area (Å²) < 4.78 is 55.1. The van der Waals surface area contributed by atoms with Gasteiger partial charge in [-0.3, -0.25) is 4.79 Å².